The Labute approximate surface area is 97.8 Å². The summed E-state index contributed by atoms with van der Waals surface area (Å²) in [5.74, 6) is 0. The van der Waals surface area contributed by atoms with Crippen LogP contribution >= 0.6 is 23.1 Å². The standard InChI is InChI=1S/C6H6N6O2S2/c1-2-11-5(8-9-10-11)16-6-7-3-4(15-6)12(13)14/h3H,2H2,1H3. The predicted molar refractivity (Wildman–Crippen MR) is 56.4 cm³/mol. The molecule has 0 spiro atoms. The van der Waals surface area contributed by atoms with Crippen LogP contribution in [-0.2, 0) is 6.54 Å². The van der Waals surface area contributed by atoms with Crippen LogP contribution in [0.5, 0.6) is 0 Å². The fourth-order valence-corrected chi connectivity index (χ4v) is 2.65. The Morgan fingerprint density at radius 1 is 1.69 bits per heavy atom. The zero-order valence-electron chi connectivity index (χ0n) is 8.10. The minimum atomic E-state index is -0.468. The van der Waals surface area contributed by atoms with Crippen LogP contribution in [-0.4, -0.2) is 30.1 Å². The summed E-state index contributed by atoms with van der Waals surface area (Å²) in [4.78, 5) is 13.9. The Morgan fingerprint density at radius 2 is 2.50 bits per heavy atom. The van der Waals surface area contributed by atoms with Gasteiger partial charge in [-0.05, 0) is 40.4 Å². The van der Waals surface area contributed by atoms with Gasteiger partial charge in [-0.3, -0.25) is 10.1 Å². The maximum atomic E-state index is 10.5. The molecule has 0 aliphatic heterocycles. The van der Waals surface area contributed by atoms with E-state index in [9.17, 15) is 10.1 Å². The molecule has 2 aromatic heterocycles. The van der Waals surface area contributed by atoms with Gasteiger partial charge < -0.3 is 0 Å². The SMILES string of the molecule is CCn1nnnc1Sc1ncc([N+](=O)[O-])s1. The van der Waals surface area contributed by atoms with Gasteiger partial charge in [0.2, 0.25) is 5.16 Å². The molecule has 84 valence electrons. The van der Waals surface area contributed by atoms with Crippen LogP contribution in [0.25, 0.3) is 0 Å². The molecule has 0 amide bonds. The minimum Gasteiger partial charge on any atom is -0.257 e. The highest BCUT2D eigenvalue weighted by atomic mass is 32.2. The topological polar surface area (TPSA) is 99.6 Å². The van der Waals surface area contributed by atoms with Crippen LogP contribution in [0.15, 0.2) is 15.7 Å². The van der Waals surface area contributed by atoms with E-state index >= 15 is 0 Å². The van der Waals surface area contributed by atoms with Crippen molar-refractivity contribution in [1.29, 1.82) is 0 Å². The van der Waals surface area contributed by atoms with E-state index in [2.05, 4.69) is 20.5 Å². The number of aryl methyl sites for hydroxylation is 1. The molecular weight excluding hydrogens is 252 g/mol. The lowest BCUT2D eigenvalue weighted by Crippen LogP contribution is -1.98. The molecule has 0 radical (unpaired) electrons. The van der Waals surface area contributed by atoms with E-state index in [1.54, 1.807) is 4.68 Å². The Bertz CT molecular complexity index is 509. The van der Waals surface area contributed by atoms with Gasteiger partial charge in [-0.15, -0.1) is 5.10 Å². The highest BCUT2D eigenvalue weighted by Crippen LogP contribution is 2.32. The van der Waals surface area contributed by atoms with E-state index in [0.29, 0.717) is 16.0 Å². The maximum Gasteiger partial charge on any atom is 0.344 e. The number of nitrogens with zero attached hydrogens (tertiary/aromatic N) is 6. The monoisotopic (exact) mass is 258 g/mol. The van der Waals surface area contributed by atoms with Crippen LogP contribution in [0, 0.1) is 10.1 Å². The first kappa shape index (κ1) is 11.0. The van der Waals surface area contributed by atoms with E-state index in [1.165, 1.54) is 18.0 Å². The van der Waals surface area contributed by atoms with Gasteiger partial charge >= 0.3 is 5.00 Å². The Kier molecular flexibility index (Phi) is 3.10. The predicted octanol–water partition coefficient (Wildman–Crippen LogP) is 1.21. The average Bonchev–Trinajstić information content (AvgIpc) is 2.87. The molecule has 8 nitrogen and oxygen atoms in total. The molecule has 0 aliphatic carbocycles. The summed E-state index contributed by atoms with van der Waals surface area (Å²) in [5.41, 5.74) is 0. The van der Waals surface area contributed by atoms with Crippen molar-refractivity contribution in [3.8, 4) is 0 Å². The van der Waals surface area contributed by atoms with Gasteiger partial charge in [-0.1, -0.05) is 0 Å². The van der Waals surface area contributed by atoms with E-state index in [4.69, 9.17) is 0 Å². The second kappa shape index (κ2) is 4.53. The summed E-state index contributed by atoms with van der Waals surface area (Å²) in [5, 5.41) is 22.1. The van der Waals surface area contributed by atoms with Gasteiger partial charge in [0.25, 0.3) is 0 Å². The number of thiazole rings is 1. The first-order valence-corrected chi connectivity index (χ1v) is 5.88. The first-order valence-electron chi connectivity index (χ1n) is 4.25. The second-order valence-electron chi connectivity index (χ2n) is 2.60. The molecule has 0 unspecified atom stereocenters. The number of aromatic nitrogens is 5. The smallest absolute Gasteiger partial charge is 0.257 e. The van der Waals surface area contributed by atoms with Crippen molar-refractivity contribution >= 4 is 28.1 Å². The van der Waals surface area contributed by atoms with Crippen molar-refractivity contribution in [3.63, 3.8) is 0 Å². The molecule has 0 N–H and O–H groups in total. The van der Waals surface area contributed by atoms with Crippen LogP contribution in [0.2, 0.25) is 0 Å². The maximum absolute atomic E-state index is 10.5. The van der Waals surface area contributed by atoms with Crippen LogP contribution < -0.4 is 0 Å². The number of rotatable bonds is 4. The Hall–Kier alpha value is -1.55. The molecule has 0 atom stereocenters. The van der Waals surface area contributed by atoms with Crippen LogP contribution in [0.4, 0.5) is 5.00 Å². The molecule has 0 aromatic carbocycles. The van der Waals surface area contributed by atoms with E-state index in [0.717, 1.165) is 11.3 Å². The zero-order valence-corrected chi connectivity index (χ0v) is 9.73. The fraction of sp³-hybridized carbons (Fsp3) is 0.333. The summed E-state index contributed by atoms with van der Waals surface area (Å²) in [6.45, 7) is 2.55. The molecule has 16 heavy (non-hydrogen) atoms. The molecule has 10 heteroatoms. The van der Waals surface area contributed by atoms with Gasteiger partial charge in [0.05, 0.1) is 4.92 Å². The van der Waals surface area contributed by atoms with Crippen molar-refractivity contribution in [2.75, 3.05) is 0 Å². The quantitative estimate of drug-likeness (QED) is 0.600. The van der Waals surface area contributed by atoms with Gasteiger partial charge in [-0.2, -0.15) is 0 Å². The molecule has 0 saturated carbocycles. The van der Waals surface area contributed by atoms with Crippen molar-refractivity contribution in [1.82, 2.24) is 25.2 Å². The molecule has 2 rings (SSSR count). The van der Waals surface area contributed by atoms with Gasteiger partial charge in [-0.25, -0.2) is 9.67 Å². The lowest BCUT2D eigenvalue weighted by molar-refractivity contribution is -0.380. The summed E-state index contributed by atoms with van der Waals surface area (Å²) in [7, 11) is 0. The van der Waals surface area contributed by atoms with E-state index in [-0.39, 0.29) is 5.00 Å². The Morgan fingerprint density at radius 3 is 3.12 bits per heavy atom. The van der Waals surface area contributed by atoms with Crippen molar-refractivity contribution in [3.05, 3.63) is 16.3 Å². The molecule has 0 saturated heterocycles. The molecule has 0 fully saturated rings. The summed E-state index contributed by atoms with van der Waals surface area (Å²) < 4.78 is 2.15. The summed E-state index contributed by atoms with van der Waals surface area (Å²) in [6, 6.07) is 0. The lowest BCUT2D eigenvalue weighted by atomic mass is 10.8. The molecule has 2 heterocycles. The van der Waals surface area contributed by atoms with E-state index in [1.807, 2.05) is 6.92 Å². The molecule has 0 aliphatic rings. The minimum absolute atomic E-state index is 0.0121. The molecular formula is C6H6N6O2S2. The number of tetrazole rings is 1. The fourth-order valence-electron chi connectivity index (χ4n) is 0.928. The second-order valence-corrected chi connectivity index (χ2v) is 4.82. The van der Waals surface area contributed by atoms with Gasteiger partial charge in [0.15, 0.2) is 4.34 Å². The number of hydrogen-bond donors (Lipinski definition) is 0. The third-order valence-corrected chi connectivity index (χ3v) is 3.63. The highest BCUT2D eigenvalue weighted by Gasteiger charge is 2.15. The van der Waals surface area contributed by atoms with Crippen molar-refractivity contribution in [2.45, 2.75) is 23.0 Å². The van der Waals surface area contributed by atoms with Gasteiger partial charge in [0.1, 0.15) is 6.20 Å². The van der Waals surface area contributed by atoms with E-state index < -0.39 is 4.92 Å². The zero-order chi connectivity index (χ0) is 11.5. The van der Waals surface area contributed by atoms with Crippen LogP contribution in [0.1, 0.15) is 6.92 Å². The number of hydrogen-bond acceptors (Lipinski definition) is 8. The highest BCUT2D eigenvalue weighted by molar-refractivity contribution is 8.00. The van der Waals surface area contributed by atoms with Crippen LogP contribution in [0.3, 0.4) is 0 Å². The third kappa shape index (κ3) is 2.17. The largest absolute Gasteiger partial charge is 0.344 e. The summed E-state index contributed by atoms with van der Waals surface area (Å²) >= 11 is 2.22. The molecule has 0 bridgehead atoms. The summed E-state index contributed by atoms with van der Waals surface area (Å²) in [6.07, 6.45) is 1.23. The van der Waals surface area contributed by atoms with Crippen molar-refractivity contribution in [2.24, 2.45) is 0 Å². The normalized spacial score (nSPS) is 10.6. The third-order valence-electron chi connectivity index (χ3n) is 1.63. The first-order chi connectivity index (χ1) is 7.70. The lowest BCUT2D eigenvalue weighted by Gasteiger charge is -1.96. The average molecular weight is 258 g/mol. The van der Waals surface area contributed by atoms with Gasteiger partial charge in [0, 0.05) is 6.54 Å². The van der Waals surface area contributed by atoms with Crippen molar-refractivity contribution < 1.29 is 4.92 Å². The number of nitro groups is 1. The molecule has 2 aromatic rings. The Balaban J connectivity index is 2.17.